The van der Waals surface area contributed by atoms with Crippen LogP contribution < -0.4 is 4.90 Å². The van der Waals surface area contributed by atoms with Gasteiger partial charge < -0.3 is 15.1 Å². The van der Waals surface area contributed by atoms with Gasteiger partial charge in [0.2, 0.25) is 5.91 Å². The number of anilines is 1. The third-order valence-electron chi connectivity index (χ3n) is 2.92. The first-order valence-electron chi connectivity index (χ1n) is 6.92. The number of rotatable bonds is 9. The Morgan fingerprint density at radius 1 is 1.24 bits per heavy atom. The highest BCUT2D eigenvalue weighted by Crippen LogP contribution is 2.17. The zero-order valence-corrected chi connectivity index (χ0v) is 12.9. The summed E-state index contributed by atoms with van der Waals surface area (Å²) in [6.07, 6.45) is 2.17. The minimum absolute atomic E-state index is 0.0757. The summed E-state index contributed by atoms with van der Waals surface area (Å²) in [6, 6.07) is 6.10. The highest BCUT2D eigenvalue weighted by atomic mass is 32.2. The lowest BCUT2D eigenvalue weighted by molar-refractivity contribution is -0.116. The fraction of sp³-hybridized carbons (Fsp3) is 0.467. The second-order valence-electron chi connectivity index (χ2n) is 4.53. The van der Waals surface area contributed by atoms with Gasteiger partial charge in [-0.1, -0.05) is 13.3 Å². The molecule has 1 rings (SSSR count). The molecule has 2 N–H and O–H groups in total. The van der Waals surface area contributed by atoms with Crippen molar-refractivity contribution in [2.24, 2.45) is 0 Å². The van der Waals surface area contributed by atoms with E-state index in [2.05, 4.69) is 6.92 Å². The summed E-state index contributed by atoms with van der Waals surface area (Å²) in [7, 11) is 0. The van der Waals surface area contributed by atoms with Crippen LogP contribution in [-0.4, -0.2) is 46.7 Å². The molecule has 0 aliphatic carbocycles. The van der Waals surface area contributed by atoms with Crippen molar-refractivity contribution in [2.45, 2.75) is 19.8 Å². The van der Waals surface area contributed by atoms with Crippen LogP contribution in [0.25, 0.3) is 0 Å². The monoisotopic (exact) mass is 311 g/mol. The van der Waals surface area contributed by atoms with Crippen molar-refractivity contribution in [1.82, 2.24) is 0 Å². The number of hydrogen-bond donors (Lipinski definition) is 2. The summed E-state index contributed by atoms with van der Waals surface area (Å²) < 4.78 is 0. The molecule has 1 amide bonds. The van der Waals surface area contributed by atoms with Crippen molar-refractivity contribution in [3.63, 3.8) is 0 Å². The van der Waals surface area contributed by atoms with Gasteiger partial charge in [-0.25, -0.2) is 4.79 Å². The molecule has 0 unspecified atom stereocenters. The zero-order chi connectivity index (χ0) is 15.7. The van der Waals surface area contributed by atoms with Gasteiger partial charge in [0.25, 0.3) is 0 Å². The molecule has 0 aromatic heterocycles. The van der Waals surface area contributed by atoms with Gasteiger partial charge in [-0.3, -0.25) is 4.79 Å². The van der Waals surface area contributed by atoms with Gasteiger partial charge >= 0.3 is 5.97 Å². The summed E-state index contributed by atoms with van der Waals surface area (Å²) in [5, 5.41) is 18.0. The number of carbonyl (C=O) groups excluding carboxylic acids is 1. The van der Waals surface area contributed by atoms with Crippen LogP contribution >= 0.6 is 11.8 Å². The zero-order valence-electron chi connectivity index (χ0n) is 12.1. The Morgan fingerprint density at radius 2 is 1.90 bits per heavy atom. The Kier molecular flexibility index (Phi) is 7.85. The van der Waals surface area contributed by atoms with Gasteiger partial charge in [0, 0.05) is 12.2 Å². The number of carbonyl (C=O) groups is 2. The first-order valence-corrected chi connectivity index (χ1v) is 8.08. The van der Waals surface area contributed by atoms with Gasteiger partial charge in [0.05, 0.1) is 17.9 Å². The Labute approximate surface area is 129 Å². The van der Waals surface area contributed by atoms with Gasteiger partial charge in [-0.2, -0.15) is 11.8 Å². The minimum atomic E-state index is -1.00. The highest BCUT2D eigenvalue weighted by molar-refractivity contribution is 7.99. The van der Waals surface area contributed by atoms with Crippen LogP contribution in [0.15, 0.2) is 24.3 Å². The van der Waals surface area contributed by atoms with Crippen molar-refractivity contribution >= 4 is 29.3 Å². The van der Waals surface area contributed by atoms with Crippen molar-refractivity contribution in [3.05, 3.63) is 29.8 Å². The maximum Gasteiger partial charge on any atom is 0.335 e. The maximum atomic E-state index is 12.2. The standard InChI is InChI=1S/C15H21NO4S/c1-2-3-10-21-11-14(18)16(8-9-17)13-6-4-12(5-7-13)15(19)20/h4-7,17H,2-3,8-11H2,1H3,(H,19,20). The summed E-state index contributed by atoms with van der Waals surface area (Å²) in [5.41, 5.74) is 0.780. The third-order valence-corrected chi connectivity index (χ3v) is 3.95. The molecule has 1 aromatic rings. The van der Waals surface area contributed by atoms with Crippen LogP contribution in [0, 0.1) is 0 Å². The number of aromatic carboxylic acids is 1. The molecule has 0 bridgehead atoms. The topological polar surface area (TPSA) is 77.8 Å². The number of carboxylic acid groups (broad SMARTS) is 1. The highest BCUT2D eigenvalue weighted by Gasteiger charge is 2.15. The number of hydrogen-bond acceptors (Lipinski definition) is 4. The number of aliphatic hydroxyl groups excluding tert-OH is 1. The molecule has 0 radical (unpaired) electrons. The molecule has 116 valence electrons. The number of nitrogens with zero attached hydrogens (tertiary/aromatic N) is 1. The lowest BCUT2D eigenvalue weighted by atomic mass is 10.2. The molecule has 0 aliphatic heterocycles. The molecule has 0 spiro atoms. The summed E-state index contributed by atoms with van der Waals surface area (Å²) in [5.74, 6) is 0.221. The number of thioether (sulfide) groups is 1. The van der Waals surface area contributed by atoms with E-state index in [1.54, 1.807) is 23.9 Å². The smallest absolute Gasteiger partial charge is 0.335 e. The molecule has 21 heavy (non-hydrogen) atoms. The van der Waals surface area contributed by atoms with Crippen molar-refractivity contribution in [3.8, 4) is 0 Å². The number of aliphatic hydroxyl groups is 1. The van der Waals surface area contributed by atoms with E-state index in [0.717, 1.165) is 18.6 Å². The van der Waals surface area contributed by atoms with Crippen LogP contribution in [0.2, 0.25) is 0 Å². The SMILES string of the molecule is CCCCSCC(=O)N(CCO)c1ccc(C(=O)O)cc1. The predicted octanol–water partition coefficient (Wildman–Crippen LogP) is 2.24. The van der Waals surface area contributed by atoms with Crippen molar-refractivity contribution < 1.29 is 19.8 Å². The average Bonchev–Trinajstić information content (AvgIpc) is 2.49. The minimum Gasteiger partial charge on any atom is -0.478 e. The Hall–Kier alpha value is -1.53. The summed E-state index contributed by atoms with van der Waals surface area (Å²) in [6.45, 7) is 2.18. The molecule has 5 nitrogen and oxygen atoms in total. The first-order chi connectivity index (χ1) is 10.1. The van der Waals surface area contributed by atoms with Crippen LogP contribution in [0.3, 0.4) is 0 Å². The lowest BCUT2D eigenvalue weighted by Crippen LogP contribution is -2.35. The van der Waals surface area contributed by atoms with Crippen LogP contribution in [0.4, 0.5) is 5.69 Å². The summed E-state index contributed by atoms with van der Waals surface area (Å²) >= 11 is 1.58. The molecule has 0 aliphatic rings. The van der Waals surface area contributed by atoms with E-state index in [1.807, 2.05) is 0 Å². The van der Waals surface area contributed by atoms with Gasteiger partial charge in [0.1, 0.15) is 0 Å². The third kappa shape index (κ3) is 5.77. The second-order valence-corrected chi connectivity index (χ2v) is 5.63. The van der Waals surface area contributed by atoms with Gasteiger partial charge in [0.15, 0.2) is 0 Å². The number of carboxylic acids is 1. The van der Waals surface area contributed by atoms with E-state index >= 15 is 0 Å². The average molecular weight is 311 g/mol. The Balaban J connectivity index is 2.71. The quantitative estimate of drug-likeness (QED) is 0.684. The molecule has 0 saturated heterocycles. The molecule has 0 heterocycles. The first kappa shape index (κ1) is 17.5. The van der Waals surface area contributed by atoms with Crippen LogP contribution in [0.1, 0.15) is 30.1 Å². The van der Waals surface area contributed by atoms with E-state index in [4.69, 9.17) is 10.2 Å². The lowest BCUT2D eigenvalue weighted by Gasteiger charge is -2.22. The van der Waals surface area contributed by atoms with Crippen LogP contribution in [-0.2, 0) is 4.79 Å². The molecule has 0 fully saturated rings. The van der Waals surface area contributed by atoms with Crippen LogP contribution in [0.5, 0.6) is 0 Å². The van der Waals surface area contributed by atoms with Crippen molar-refractivity contribution in [2.75, 3.05) is 29.6 Å². The molecular formula is C15H21NO4S. The molecule has 6 heteroatoms. The van der Waals surface area contributed by atoms with E-state index in [0.29, 0.717) is 11.4 Å². The number of amides is 1. The van der Waals surface area contributed by atoms with Crippen molar-refractivity contribution in [1.29, 1.82) is 0 Å². The molecule has 0 atom stereocenters. The molecular weight excluding hydrogens is 290 g/mol. The largest absolute Gasteiger partial charge is 0.478 e. The van der Waals surface area contributed by atoms with E-state index in [1.165, 1.54) is 17.0 Å². The number of unbranched alkanes of at least 4 members (excludes halogenated alkanes) is 1. The number of benzene rings is 1. The fourth-order valence-electron chi connectivity index (χ4n) is 1.77. The summed E-state index contributed by atoms with van der Waals surface area (Å²) in [4.78, 5) is 24.5. The maximum absolute atomic E-state index is 12.2. The fourth-order valence-corrected chi connectivity index (χ4v) is 2.73. The van der Waals surface area contributed by atoms with E-state index in [9.17, 15) is 9.59 Å². The molecule has 0 saturated carbocycles. The molecule has 1 aromatic carbocycles. The van der Waals surface area contributed by atoms with E-state index in [-0.39, 0.29) is 24.6 Å². The predicted molar refractivity (Wildman–Crippen MR) is 85.1 cm³/mol. The van der Waals surface area contributed by atoms with E-state index < -0.39 is 5.97 Å². The Bertz CT molecular complexity index is 461. The Morgan fingerprint density at radius 3 is 2.43 bits per heavy atom. The van der Waals surface area contributed by atoms with Gasteiger partial charge in [-0.15, -0.1) is 0 Å². The normalized spacial score (nSPS) is 10.4. The van der Waals surface area contributed by atoms with Gasteiger partial charge in [-0.05, 0) is 36.4 Å². The second kappa shape index (κ2) is 9.41.